The normalized spacial score (nSPS) is 19.4. The molecule has 0 aliphatic carbocycles. The van der Waals surface area contributed by atoms with Crippen LogP contribution in [0.5, 0.6) is 0 Å². The van der Waals surface area contributed by atoms with Gasteiger partial charge in [0.05, 0.1) is 23.8 Å². The van der Waals surface area contributed by atoms with Crippen molar-refractivity contribution < 1.29 is 14.3 Å². The second-order valence-electron chi connectivity index (χ2n) is 8.15. The zero-order valence-corrected chi connectivity index (χ0v) is 19.4. The molecule has 2 amide bonds. The molecule has 2 heterocycles. The Morgan fingerprint density at radius 3 is 2.53 bits per heavy atom. The molecule has 2 saturated heterocycles. The number of carbonyl (C=O) groups is 2. The molecule has 0 atom stereocenters. The standard InChI is InChI=1S/C25H27N3O3S/c1-17(2)19-9-7-18(8-10-19)15-22-24(30)27(3)25(32-22)26-21-6-4-5-20(16-21)23(29)28-11-13-31-14-12-28/h4-10,15-17H,11-14H2,1-3H3/b22-15+,26-25?. The number of hydrogen-bond donors (Lipinski definition) is 0. The lowest BCUT2D eigenvalue weighted by Crippen LogP contribution is -2.40. The maximum Gasteiger partial charge on any atom is 0.266 e. The lowest BCUT2D eigenvalue weighted by atomic mass is 10.0. The Hall–Kier alpha value is -2.90. The Bertz CT molecular complexity index is 1070. The SMILES string of the molecule is CC(C)c1ccc(/C=C2/SC(=Nc3cccc(C(=O)N4CCOCC4)c3)N(C)C2=O)cc1. The first-order valence-electron chi connectivity index (χ1n) is 10.8. The van der Waals surface area contributed by atoms with Gasteiger partial charge in [-0.25, -0.2) is 4.99 Å². The van der Waals surface area contributed by atoms with Gasteiger partial charge >= 0.3 is 0 Å². The number of likely N-dealkylation sites (N-methyl/N-ethyl adjacent to an activating group) is 1. The minimum atomic E-state index is -0.0813. The zero-order valence-electron chi connectivity index (χ0n) is 18.6. The fourth-order valence-electron chi connectivity index (χ4n) is 3.55. The quantitative estimate of drug-likeness (QED) is 0.644. The summed E-state index contributed by atoms with van der Waals surface area (Å²) in [6, 6.07) is 15.5. The van der Waals surface area contributed by atoms with Crippen LogP contribution in [0, 0.1) is 0 Å². The molecule has 166 valence electrons. The largest absolute Gasteiger partial charge is 0.378 e. The number of amides is 2. The van der Waals surface area contributed by atoms with Gasteiger partial charge in [-0.2, -0.15) is 0 Å². The predicted octanol–water partition coefficient (Wildman–Crippen LogP) is 4.52. The van der Waals surface area contributed by atoms with Crippen LogP contribution in [-0.4, -0.2) is 60.1 Å². The summed E-state index contributed by atoms with van der Waals surface area (Å²) in [4.78, 5) is 34.1. The van der Waals surface area contributed by atoms with E-state index in [1.807, 2.05) is 30.3 Å². The van der Waals surface area contributed by atoms with Crippen LogP contribution in [-0.2, 0) is 9.53 Å². The summed E-state index contributed by atoms with van der Waals surface area (Å²) in [6.07, 6.45) is 1.90. The Kier molecular flexibility index (Phi) is 6.77. The maximum absolute atomic E-state index is 12.8. The molecule has 6 nitrogen and oxygen atoms in total. The second kappa shape index (κ2) is 9.71. The minimum absolute atomic E-state index is 0.0238. The highest BCUT2D eigenvalue weighted by molar-refractivity contribution is 8.18. The van der Waals surface area contributed by atoms with E-state index in [-0.39, 0.29) is 11.8 Å². The number of aliphatic imine (C=N–C) groups is 1. The molecule has 7 heteroatoms. The van der Waals surface area contributed by atoms with Gasteiger partial charge in [0.2, 0.25) is 0 Å². The van der Waals surface area contributed by atoms with Crippen molar-refractivity contribution in [3.05, 3.63) is 70.1 Å². The summed E-state index contributed by atoms with van der Waals surface area (Å²) in [5.74, 6) is 0.362. The average Bonchev–Trinajstić information content (AvgIpc) is 3.07. The first-order valence-corrected chi connectivity index (χ1v) is 11.6. The number of amidine groups is 1. The van der Waals surface area contributed by atoms with Crippen LogP contribution in [0.15, 0.2) is 58.4 Å². The van der Waals surface area contributed by atoms with Crippen LogP contribution in [0.2, 0.25) is 0 Å². The average molecular weight is 450 g/mol. The number of morpholine rings is 1. The van der Waals surface area contributed by atoms with Gasteiger partial charge in [-0.3, -0.25) is 14.5 Å². The molecule has 4 rings (SSSR count). The monoisotopic (exact) mass is 449 g/mol. The third-order valence-corrected chi connectivity index (χ3v) is 6.58. The van der Waals surface area contributed by atoms with Gasteiger partial charge in [-0.15, -0.1) is 0 Å². The summed E-state index contributed by atoms with van der Waals surface area (Å²) in [7, 11) is 1.72. The first-order chi connectivity index (χ1) is 15.4. The van der Waals surface area contributed by atoms with E-state index in [1.165, 1.54) is 17.3 Å². The summed E-state index contributed by atoms with van der Waals surface area (Å²) in [5, 5.41) is 0.594. The van der Waals surface area contributed by atoms with E-state index in [0.717, 1.165) is 5.56 Å². The van der Waals surface area contributed by atoms with Crippen LogP contribution in [0.25, 0.3) is 6.08 Å². The topological polar surface area (TPSA) is 62.2 Å². The van der Waals surface area contributed by atoms with Gasteiger partial charge < -0.3 is 9.64 Å². The summed E-state index contributed by atoms with van der Waals surface area (Å²) < 4.78 is 5.33. The summed E-state index contributed by atoms with van der Waals surface area (Å²) in [6.45, 7) is 6.63. The number of hydrogen-bond acceptors (Lipinski definition) is 5. The van der Waals surface area contributed by atoms with Crippen LogP contribution in [0.4, 0.5) is 5.69 Å². The Morgan fingerprint density at radius 1 is 1.12 bits per heavy atom. The van der Waals surface area contributed by atoms with Gasteiger partial charge in [-0.1, -0.05) is 44.2 Å². The fourth-order valence-corrected chi connectivity index (χ4v) is 4.53. The van der Waals surface area contributed by atoms with E-state index in [1.54, 1.807) is 29.0 Å². The Balaban J connectivity index is 1.53. The number of rotatable bonds is 4. The highest BCUT2D eigenvalue weighted by Gasteiger charge is 2.30. The lowest BCUT2D eigenvalue weighted by Gasteiger charge is -2.26. The molecule has 2 fully saturated rings. The predicted molar refractivity (Wildman–Crippen MR) is 129 cm³/mol. The molecule has 0 aromatic heterocycles. The van der Waals surface area contributed by atoms with Gasteiger partial charge in [0.1, 0.15) is 0 Å². The first kappa shape index (κ1) is 22.3. The van der Waals surface area contributed by atoms with Crippen LogP contribution < -0.4 is 0 Å². The zero-order chi connectivity index (χ0) is 22.7. The highest BCUT2D eigenvalue weighted by atomic mass is 32.2. The molecule has 32 heavy (non-hydrogen) atoms. The molecule has 2 aromatic carbocycles. The molecule has 0 radical (unpaired) electrons. The minimum Gasteiger partial charge on any atom is -0.378 e. The maximum atomic E-state index is 12.8. The molecule has 0 spiro atoms. The van der Waals surface area contributed by atoms with Gasteiger partial charge in [0.15, 0.2) is 5.17 Å². The molecule has 0 N–H and O–H groups in total. The second-order valence-corrected chi connectivity index (χ2v) is 9.15. The van der Waals surface area contributed by atoms with E-state index in [9.17, 15) is 9.59 Å². The summed E-state index contributed by atoms with van der Waals surface area (Å²) >= 11 is 1.34. The van der Waals surface area contributed by atoms with Crippen molar-refractivity contribution in [3.63, 3.8) is 0 Å². The van der Waals surface area contributed by atoms with E-state index < -0.39 is 0 Å². The number of benzene rings is 2. The molecule has 2 aliphatic rings. The van der Waals surface area contributed by atoms with Crippen molar-refractivity contribution in [2.24, 2.45) is 4.99 Å². The Labute approximate surface area is 193 Å². The lowest BCUT2D eigenvalue weighted by molar-refractivity contribution is -0.121. The van der Waals surface area contributed by atoms with Crippen molar-refractivity contribution >= 4 is 40.5 Å². The van der Waals surface area contributed by atoms with Crippen molar-refractivity contribution in [1.82, 2.24) is 9.80 Å². The molecule has 0 bridgehead atoms. The molecule has 2 aliphatic heterocycles. The van der Waals surface area contributed by atoms with Crippen LogP contribution >= 0.6 is 11.8 Å². The van der Waals surface area contributed by atoms with Crippen molar-refractivity contribution in [2.45, 2.75) is 19.8 Å². The third kappa shape index (κ3) is 4.95. The smallest absolute Gasteiger partial charge is 0.266 e. The van der Waals surface area contributed by atoms with Gasteiger partial charge in [0.25, 0.3) is 11.8 Å². The van der Waals surface area contributed by atoms with E-state index >= 15 is 0 Å². The number of nitrogens with zero attached hydrogens (tertiary/aromatic N) is 3. The van der Waals surface area contributed by atoms with E-state index in [0.29, 0.717) is 53.5 Å². The van der Waals surface area contributed by atoms with Crippen molar-refractivity contribution in [2.75, 3.05) is 33.4 Å². The molecule has 0 saturated carbocycles. The van der Waals surface area contributed by atoms with Crippen LogP contribution in [0.1, 0.15) is 41.3 Å². The summed E-state index contributed by atoms with van der Waals surface area (Å²) in [5.41, 5.74) is 3.49. The van der Waals surface area contributed by atoms with E-state index in [4.69, 9.17) is 4.74 Å². The van der Waals surface area contributed by atoms with Crippen molar-refractivity contribution in [1.29, 1.82) is 0 Å². The molecule has 2 aromatic rings. The van der Waals surface area contributed by atoms with Crippen molar-refractivity contribution in [3.8, 4) is 0 Å². The van der Waals surface area contributed by atoms with Gasteiger partial charge in [-0.05, 0) is 53.1 Å². The fraction of sp³-hybridized carbons (Fsp3) is 0.320. The van der Waals surface area contributed by atoms with Crippen LogP contribution in [0.3, 0.4) is 0 Å². The number of carbonyl (C=O) groups excluding carboxylic acids is 2. The third-order valence-electron chi connectivity index (χ3n) is 5.52. The molecular formula is C25H27N3O3S. The Morgan fingerprint density at radius 2 is 1.84 bits per heavy atom. The van der Waals surface area contributed by atoms with E-state index in [2.05, 4.69) is 31.0 Å². The number of thioether (sulfide) groups is 1. The molecular weight excluding hydrogens is 422 g/mol. The molecule has 0 unspecified atom stereocenters. The number of ether oxygens (including phenoxy) is 1. The highest BCUT2D eigenvalue weighted by Crippen LogP contribution is 2.33. The van der Waals surface area contributed by atoms with Gasteiger partial charge in [0, 0.05) is 25.7 Å².